The van der Waals surface area contributed by atoms with E-state index in [0.29, 0.717) is 23.4 Å². The van der Waals surface area contributed by atoms with Crippen LogP contribution in [0.2, 0.25) is 5.02 Å². The second-order valence-corrected chi connectivity index (χ2v) is 19.8. The van der Waals surface area contributed by atoms with Gasteiger partial charge in [0.1, 0.15) is 42.3 Å². The molecule has 2 saturated heterocycles. The number of benzene rings is 1. The number of rotatable bonds is 14. The molecule has 69 heavy (non-hydrogen) atoms. The molecule has 24 heteroatoms. The number of hydrogen-bond acceptors (Lipinski definition) is 12. The molecular formula is C45H65ClN12O9S2. The van der Waals surface area contributed by atoms with Crippen LogP contribution in [0.25, 0.3) is 0 Å². The maximum atomic E-state index is 14.8. The van der Waals surface area contributed by atoms with Gasteiger partial charge in [0.25, 0.3) is 5.91 Å². The molecule has 2 aliphatic heterocycles. The van der Waals surface area contributed by atoms with Crippen molar-refractivity contribution in [3.05, 3.63) is 57.2 Å². The maximum absolute atomic E-state index is 14.8. The van der Waals surface area contributed by atoms with Gasteiger partial charge in [0.05, 0.1) is 0 Å². The number of likely N-dealkylation sites (tertiary alicyclic amines) is 1. The number of thioether (sulfide) groups is 1. The third-order valence-corrected chi connectivity index (χ3v) is 13.6. The summed E-state index contributed by atoms with van der Waals surface area (Å²) in [6.07, 6.45) is 1.50. The first-order chi connectivity index (χ1) is 32.8. The molecule has 0 spiro atoms. The van der Waals surface area contributed by atoms with Crippen LogP contribution in [0.4, 0.5) is 0 Å². The topological polar surface area (TPSA) is 309 Å². The summed E-state index contributed by atoms with van der Waals surface area (Å²) < 4.78 is 0. The second-order valence-electron chi connectivity index (χ2n) is 17.1. The molecule has 0 radical (unpaired) electrons. The number of halogens is 1. The Kier molecular flexibility index (Phi) is 22.0. The summed E-state index contributed by atoms with van der Waals surface area (Å²) in [7, 11) is 1.42. The zero-order chi connectivity index (χ0) is 50.8. The summed E-state index contributed by atoms with van der Waals surface area (Å²) in [6.45, 7) is 6.20. The first-order valence-electron chi connectivity index (χ1n) is 22.8. The van der Waals surface area contributed by atoms with Gasteiger partial charge in [0, 0.05) is 62.0 Å². The number of nitrogens with zero attached hydrogens (tertiary/aromatic N) is 3. The molecule has 378 valence electrons. The van der Waals surface area contributed by atoms with Gasteiger partial charge in [0.2, 0.25) is 47.3 Å². The molecule has 7 atom stereocenters. The predicted molar refractivity (Wildman–Crippen MR) is 263 cm³/mol. The van der Waals surface area contributed by atoms with Gasteiger partial charge >= 0.3 is 0 Å². The van der Waals surface area contributed by atoms with E-state index in [1.807, 2.05) is 5.38 Å². The van der Waals surface area contributed by atoms with E-state index in [9.17, 15) is 43.2 Å². The number of carbonyl (C=O) groups is 9. The van der Waals surface area contributed by atoms with Gasteiger partial charge in [-0.05, 0) is 79.8 Å². The fourth-order valence-corrected chi connectivity index (χ4v) is 9.67. The van der Waals surface area contributed by atoms with Gasteiger partial charge in [-0.2, -0.15) is 11.8 Å². The highest BCUT2D eigenvalue weighted by atomic mass is 35.5. The largest absolute Gasteiger partial charge is 0.370 e. The van der Waals surface area contributed by atoms with Crippen molar-refractivity contribution in [3.8, 4) is 0 Å². The minimum absolute atomic E-state index is 0.0462. The Bertz CT molecular complexity index is 2160. The van der Waals surface area contributed by atoms with Gasteiger partial charge in [-0.3, -0.25) is 53.6 Å². The number of nitrogens with one attached hydrogen (secondary N) is 7. The second kappa shape index (κ2) is 27.3. The lowest BCUT2D eigenvalue weighted by molar-refractivity contribution is -0.154. The third kappa shape index (κ3) is 17.2. The van der Waals surface area contributed by atoms with E-state index in [4.69, 9.17) is 23.1 Å². The molecule has 0 bridgehead atoms. The summed E-state index contributed by atoms with van der Waals surface area (Å²) in [6, 6.07) is 1.96. The molecule has 0 unspecified atom stereocenters. The van der Waals surface area contributed by atoms with E-state index in [1.54, 1.807) is 50.2 Å². The molecule has 21 nitrogen and oxygen atoms in total. The Morgan fingerprint density at radius 2 is 1.61 bits per heavy atom. The van der Waals surface area contributed by atoms with Crippen LogP contribution < -0.4 is 48.8 Å². The summed E-state index contributed by atoms with van der Waals surface area (Å²) in [5.74, 6) is -6.43. The van der Waals surface area contributed by atoms with Crippen LogP contribution in [0.5, 0.6) is 0 Å². The SMILES string of the molecule is CNC(=O)[C@@H](CCCN=C(N)N)NC(=O)[C@@H]1CCCN1C(=O)[C@@H]1CSCCCC(=O)N[C@@H](Cc2ccc(Cl)cc2)C(=O)N[C@@H](Cc2cccs2)C(=O)N[C@H](C(C)C)C(=O)N[C@@H](C)C(=O)N1NC(C)=O. The van der Waals surface area contributed by atoms with Gasteiger partial charge in [-0.25, -0.2) is 5.01 Å². The zero-order valence-corrected chi connectivity index (χ0v) is 41.9. The number of guanidine groups is 1. The van der Waals surface area contributed by atoms with E-state index in [1.165, 1.54) is 42.0 Å². The predicted octanol–water partition coefficient (Wildman–Crippen LogP) is -0.147. The highest BCUT2D eigenvalue weighted by Gasteiger charge is 2.43. The highest BCUT2D eigenvalue weighted by Crippen LogP contribution is 2.23. The zero-order valence-electron chi connectivity index (χ0n) is 39.5. The first-order valence-corrected chi connectivity index (χ1v) is 25.2. The van der Waals surface area contributed by atoms with Gasteiger partial charge < -0.3 is 48.3 Å². The van der Waals surface area contributed by atoms with Crippen LogP contribution in [0, 0.1) is 5.92 Å². The van der Waals surface area contributed by atoms with Crippen molar-refractivity contribution in [2.75, 3.05) is 31.6 Å². The van der Waals surface area contributed by atoms with Crippen molar-refractivity contribution in [3.63, 3.8) is 0 Å². The molecule has 2 fully saturated rings. The van der Waals surface area contributed by atoms with Crippen LogP contribution in [0.3, 0.4) is 0 Å². The molecule has 0 aliphatic carbocycles. The summed E-state index contributed by atoms with van der Waals surface area (Å²) in [5.41, 5.74) is 14.0. The number of thiophene rings is 1. The Morgan fingerprint density at radius 3 is 2.25 bits per heavy atom. The molecular weight excluding hydrogens is 952 g/mol. The molecule has 11 N–H and O–H groups in total. The Balaban J connectivity index is 1.68. The third-order valence-electron chi connectivity index (χ3n) is 11.3. The van der Waals surface area contributed by atoms with Gasteiger partial charge in [0.15, 0.2) is 5.96 Å². The number of hydrazine groups is 1. The summed E-state index contributed by atoms with van der Waals surface area (Å²) in [4.78, 5) is 131. The molecule has 2 aromatic rings. The molecule has 3 heterocycles. The highest BCUT2D eigenvalue weighted by molar-refractivity contribution is 7.99. The fourth-order valence-electron chi connectivity index (χ4n) is 7.76. The molecule has 2 aliphatic rings. The minimum atomic E-state index is -1.43. The molecule has 4 rings (SSSR count). The minimum Gasteiger partial charge on any atom is -0.370 e. The van der Waals surface area contributed by atoms with Crippen LogP contribution in [0.15, 0.2) is 46.8 Å². The van der Waals surface area contributed by atoms with Gasteiger partial charge in [-0.1, -0.05) is 43.6 Å². The average Bonchev–Trinajstić information content (AvgIpc) is 4.02. The Hall–Kier alpha value is -5.94. The quantitative estimate of drug-likeness (QED) is 0.0679. The van der Waals surface area contributed by atoms with E-state index < -0.39 is 101 Å². The van der Waals surface area contributed by atoms with Crippen molar-refractivity contribution in [2.24, 2.45) is 22.4 Å². The monoisotopic (exact) mass is 1020 g/mol. The lowest BCUT2D eigenvalue weighted by atomic mass is 10.0. The normalized spacial score (nSPS) is 22.9. The van der Waals surface area contributed by atoms with E-state index in [2.05, 4.69) is 42.3 Å². The van der Waals surface area contributed by atoms with Crippen molar-refractivity contribution in [2.45, 2.75) is 121 Å². The number of aliphatic imine (C=N–C) groups is 1. The smallest absolute Gasteiger partial charge is 0.264 e. The first kappa shape index (κ1) is 55.7. The number of hydrogen-bond donors (Lipinski definition) is 9. The number of likely N-dealkylation sites (N-methyl/N-ethyl adjacent to an activating group) is 1. The van der Waals surface area contributed by atoms with Gasteiger partial charge in [-0.15, -0.1) is 11.3 Å². The van der Waals surface area contributed by atoms with Crippen LogP contribution in [-0.2, 0) is 56.0 Å². The van der Waals surface area contributed by atoms with E-state index in [0.717, 1.165) is 16.8 Å². The van der Waals surface area contributed by atoms with Crippen molar-refractivity contribution >= 4 is 93.8 Å². The molecule has 0 saturated carbocycles. The van der Waals surface area contributed by atoms with Crippen LogP contribution in [0.1, 0.15) is 76.7 Å². The van der Waals surface area contributed by atoms with Crippen molar-refractivity contribution < 1.29 is 43.2 Å². The Labute approximate surface area is 415 Å². The van der Waals surface area contributed by atoms with Crippen LogP contribution in [-0.4, -0.2) is 143 Å². The number of carbonyl (C=O) groups excluding carboxylic acids is 9. The standard InChI is InChI=1S/C45H65ClN12O9S2/c1-25(2)37-42(65)51-26(3)43(66)58(56-27(4)59)35(44(67)57-19-7-12-34(57)41(64)53-31(38(61)49-5)11-6-18-50-45(47)48)24-68-20-9-13-36(60)52-32(22-28-14-16-29(46)17-15-28)39(62)54-33(40(63)55-37)23-30-10-8-21-69-30/h8,10,14-17,21,25-26,31-35,37H,6-7,9,11-13,18-20,22-24H2,1-5H3,(H,49,61)(H,51,65)(H,52,60)(H,53,64)(H,54,62)(H,55,63)(H,56,59)(H4,47,48,50)/t26-,31+,32-,33-,34-,35-,37+/m0/s1. The number of nitrogens with two attached hydrogens (primary N) is 2. The lowest BCUT2D eigenvalue weighted by Crippen LogP contribution is -2.64. The Morgan fingerprint density at radius 1 is 0.913 bits per heavy atom. The van der Waals surface area contributed by atoms with Crippen LogP contribution >= 0.6 is 34.7 Å². The molecule has 9 amide bonds. The van der Waals surface area contributed by atoms with E-state index in [-0.39, 0.29) is 69.1 Å². The fraction of sp³-hybridized carbons (Fsp3) is 0.556. The van der Waals surface area contributed by atoms with E-state index >= 15 is 0 Å². The maximum Gasteiger partial charge on any atom is 0.264 e. The number of amides is 9. The molecule has 1 aromatic carbocycles. The lowest BCUT2D eigenvalue weighted by Gasteiger charge is -2.36. The average molecular weight is 1020 g/mol. The van der Waals surface area contributed by atoms with Crippen molar-refractivity contribution in [1.29, 1.82) is 0 Å². The van der Waals surface area contributed by atoms with Crippen molar-refractivity contribution in [1.82, 2.24) is 47.2 Å². The summed E-state index contributed by atoms with van der Waals surface area (Å²) in [5, 5.41) is 19.5. The molecule has 1 aromatic heterocycles. The summed E-state index contributed by atoms with van der Waals surface area (Å²) >= 11 is 8.70.